The average molecular weight is 345 g/mol. The number of carbonyl (C=O) groups is 1. The van der Waals surface area contributed by atoms with E-state index in [9.17, 15) is 4.79 Å². The molecule has 0 spiro atoms. The lowest BCUT2D eigenvalue weighted by Gasteiger charge is -2.21. The largest absolute Gasteiger partial charge is 0.357 e. The molecule has 5 heteroatoms. The molecule has 0 atom stereocenters. The Hall–Kier alpha value is -1.62. The van der Waals surface area contributed by atoms with E-state index in [1.54, 1.807) is 6.20 Å². The van der Waals surface area contributed by atoms with Gasteiger partial charge in [0, 0.05) is 19.1 Å². The first kappa shape index (κ1) is 18.2. The Kier molecular flexibility index (Phi) is 7.10. The first-order chi connectivity index (χ1) is 12.3. The van der Waals surface area contributed by atoms with Gasteiger partial charge in [0.1, 0.15) is 5.82 Å². The molecular weight excluding hydrogens is 312 g/mol. The van der Waals surface area contributed by atoms with Crippen LogP contribution in [0, 0.1) is 0 Å². The second-order valence-electron chi connectivity index (χ2n) is 7.42. The van der Waals surface area contributed by atoms with Crippen molar-refractivity contribution in [2.24, 2.45) is 0 Å². The molecule has 2 heterocycles. The van der Waals surface area contributed by atoms with E-state index in [0.29, 0.717) is 12.6 Å². The van der Waals surface area contributed by atoms with E-state index in [4.69, 9.17) is 0 Å². The number of nitrogens with zero attached hydrogens (tertiary/aromatic N) is 2. The summed E-state index contributed by atoms with van der Waals surface area (Å²) in [4.78, 5) is 19.1. The molecule has 1 aromatic heterocycles. The third-order valence-corrected chi connectivity index (χ3v) is 5.37. The maximum Gasteiger partial charge on any atom is 0.238 e. The number of amides is 1. The summed E-state index contributed by atoms with van der Waals surface area (Å²) >= 11 is 0. The molecule has 1 saturated heterocycles. The van der Waals surface area contributed by atoms with Crippen LogP contribution in [0.25, 0.3) is 0 Å². The van der Waals surface area contributed by atoms with Gasteiger partial charge in [-0.2, -0.15) is 0 Å². The number of pyridine rings is 1. The fourth-order valence-corrected chi connectivity index (χ4v) is 3.87. The van der Waals surface area contributed by atoms with Gasteiger partial charge in [-0.3, -0.25) is 4.79 Å². The van der Waals surface area contributed by atoms with Crippen molar-refractivity contribution in [1.29, 1.82) is 0 Å². The molecule has 3 rings (SSSR count). The predicted octanol–water partition coefficient (Wildman–Crippen LogP) is 3.71. The fraction of sp³-hybridized carbons (Fsp3) is 0.700. The standard InChI is InChI=1S/C20H32N4O/c25-20(16-21-17-9-5-1-2-6-10-17)23-18-11-12-19(22-15-18)24-13-7-3-4-8-14-24/h11-12,15,17,21H,1-10,13-14,16H2,(H,23,25). The predicted molar refractivity (Wildman–Crippen MR) is 103 cm³/mol. The lowest BCUT2D eigenvalue weighted by Crippen LogP contribution is -2.35. The minimum Gasteiger partial charge on any atom is -0.357 e. The molecule has 0 unspecified atom stereocenters. The summed E-state index contributed by atoms with van der Waals surface area (Å²) in [7, 11) is 0. The molecule has 0 aromatic carbocycles. The number of nitrogens with one attached hydrogen (secondary N) is 2. The lowest BCUT2D eigenvalue weighted by atomic mass is 10.1. The van der Waals surface area contributed by atoms with Gasteiger partial charge in [0.05, 0.1) is 18.4 Å². The van der Waals surface area contributed by atoms with Crippen molar-refractivity contribution in [1.82, 2.24) is 10.3 Å². The number of aromatic nitrogens is 1. The average Bonchev–Trinajstić information content (AvgIpc) is 3.06. The van der Waals surface area contributed by atoms with Crippen LogP contribution in [0.3, 0.4) is 0 Å². The molecular formula is C20H32N4O. The molecule has 2 aliphatic rings. The number of hydrogen-bond donors (Lipinski definition) is 2. The highest BCUT2D eigenvalue weighted by atomic mass is 16.1. The first-order valence-corrected chi connectivity index (χ1v) is 10.1. The van der Waals surface area contributed by atoms with Crippen LogP contribution in [0.15, 0.2) is 18.3 Å². The van der Waals surface area contributed by atoms with Gasteiger partial charge in [-0.05, 0) is 37.8 Å². The van der Waals surface area contributed by atoms with Crippen molar-refractivity contribution in [2.75, 3.05) is 29.9 Å². The Morgan fingerprint density at radius 2 is 1.68 bits per heavy atom. The van der Waals surface area contributed by atoms with E-state index in [1.165, 1.54) is 64.2 Å². The van der Waals surface area contributed by atoms with Gasteiger partial charge >= 0.3 is 0 Å². The van der Waals surface area contributed by atoms with Crippen LogP contribution >= 0.6 is 0 Å². The smallest absolute Gasteiger partial charge is 0.238 e. The highest BCUT2D eigenvalue weighted by Gasteiger charge is 2.14. The van der Waals surface area contributed by atoms with Crippen LogP contribution in [0.4, 0.5) is 11.5 Å². The van der Waals surface area contributed by atoms with Crippen molar-refractivity contribution < 1.29 is 4.79 Å². The van der Waals surface area contributed by atoms with Crippen molar-refractivity contribution >= 4 is 17.4 Å². The van der Waals surface area contributed by atoms with Crippen molar-refractivity contribution in [3.8, 4) is 0 Å². The van der Waals surface area contributed by atoms with Crippen LogP contribution in [-0.4, -0.2) is 36.6 Å². The summed E-state index contributed by atoms with van der Waals surface area (Å²) in [6, 6.07) is 4.49. The maximum absolute atomic E-state index is 12.2. The van der Waals surface area contributed by atoms with E-state index in [2.05, 4.69) is 20.5 Å². The van der Waals surface area contributed by atoms with Crippen LogP contribution < -0.4 is 15.5 Å². The third kappa shape index (κ3) is 5.99. The second kappa shape index (κ2) is 9.76. The topological polar surface area (TPSA) is 57.3 Å². The summed E-state index contributed by atoms with van der Waals surface area (Å²) < 4.78 is 0. The molecule has 138 valence electrons. The van der Waals surface area contributed by atoms with Gasteiger partial charge < -0.3 is 15.5 Å². The summed E-state index contributed by atoms with van der Waals surface area (Å²) in [6.07, 6.45) is 14.5. The highest BCUT2D eigenvalue weighted by molar-refractivity contribution is 5.92. The molecule has 1 aliphatic carbocycles. The van der Waals surface area contributed by atoms with Gasteiger partial charge in [-0.15, -0.1) is 0 Å². The second-order valence-corrected chi connectivity index (χ2v) is 7.42. The highest BCUT2D eigenvalue weighted by Crippen LogP contribution is 2.19. The monoisotopic (exact) mass is 344 g/mol. The molecule has 0 bridgehead atoms. The molecule has 1 aromatic rings. The first-order valence-electron chi connectivity index (χ1n) is 10.1. The normalized spacial score (nSPS) is 19.9. The molecule has 25 heavy (non-hydrogen) atoms. The van der Waals surface area contributed by atoms with Gasteiger partial charge in [0.25, 0.3) is 0 Å². The molecule has 1 saturated carbocycles. The summed E-state index contributed by atoms with van der Waals surface area (Å²) in [5.41, 5.74) is 0.784. The number of hydrogen-bond acceptors (Lipinski definition) is 4. The fourth-order valence-electron chi connectivity index (χ4n) is 3.87. The van der Waals surface area contributed by atoms with E-state index in [-0.39, 0.29) is 5.91 Å². The Balaban J connectivity index is 1.44. The number of anilines is 2. The Morgan fingerprint density at radius 1 is 1.00 bits per heavy atom. The lowest BCUT2D eigenvalue weighted by molar-refractivity contribution is -0.115. The minimum atomic E-state index is 0.0218. The van der Waals surface area contributed by atoms with Crippen LogP contribution in [-0.2, 0) is 4.79 Å². The van der Waals surface area contributed by atoms with Gasteiger partial charge in [-0.25, -0.2) is 4.98 Å². The minimum absolute atomic E-state index is 0.0218. The SMILES string of the molecule is O=C(CNC1CCCCCC1)Nc1ccc(N2CCCCCC2)nc1. The van der Waals surface area contributed by atoms with Crippen molar-refractivity contribution in [2.45, 2.75) is 70.3 Å². The quantitative estimate of drug-likeness (QED) is 0.800. The molecule has 0 radical (unpaired) electrons. The molecule has 1 amide bonds. The third-order valence-electron chi connectivity index (χ3n) is 5.37. The zero-order chi connectivity index (χ0) is 17.3. The molecule has 2 N–H and O–H groups in total. The Bertz CT molecular complexity index is 515. The van der Waals surface area contributed by atoms with Gasteiger partial charge in [-0.1, -0.05) is 38.5 Å². The number of carbonyl (C=O) groups excluding carboxylic acids is 1. The zero-order valence-electron chi connectivity index (χ0n) is 15.3. The van der Waals surface area contributed by atoms with Crippen LogP contribution in [0.2, 0.25) is 0 Å². The molecule has 2 fully saturated rings. The molecule has 1 aliphatic heterocycles. The summed E-state index contributed by atoms with van der Waals surface area (Å²) in [6.45, 7) is 2.56. The maximum atomic E-state index is 12.2. The van der Waals surface area contributed by atoms with Crippen LogP contribution in [0.5, 0.6) is 0 Å². The van der Waals surface area contributed by atoms with E-state index in [0.717, 1.165) is 24.6 Å². The summed E-state index contributed by atoms with van der Waals surface area (Å²) in [5.74, 6) is 1.05. The zero-order valence-corrected chi connectivity index (χ0v) is 15.3. The van der Waals surface area contributed by atoms with Gasteiger partial charge in [0.15, 0.2) is 0 Å². The van der Waals surface area contributed by atoms with Crippen molar-refractivity contribution in [3.05, 3.63) is 18.3 Å². The van der Waals surface area contributed by atoms with E-state index >= 15 is 0 Å². The Labute approximate surface area is 151 Å². The van der Waals surface area contributed by atoms with Gasteiger partial charge in [0.2, 0.25) is 5.91 Å². The van der Waals surface area contributed by atoms with Crippen LogP contribution in [0.1, 0.15) is 64.2 Å². The van der Waals surface area contributed by atoms with E-state index < -0.39 is 0 Å². The summed E-state index contributed by atoms with van der Waals surface area (Å²) in [5, 5.41) is 6.37. The Morgan fingerprint density at radius 3 is 2.32 bits per heavy atom. The number of rotatable bonds is 5. The van der Waals surface area contributed by atoms with E-state index in [1.807, 2.05) is 12.1 Å². The van der Waals surface area contributed by atoms with Crippen molar-refractivity contribution in [3.63, 3.8) is 0 Å². The molecule has 5 nitrogen and oxygen atoms in total.